The summed E-state index contributed by atoms with van der Waals surface area (Å²) >= 11 is 0. The lowest BCUT2D eigenvalue weighted by Crippen LogP contribution is -2.44. The normalized spacial score (nSPS) is 18.3. The number of benzene rings is 1. The van der Waals surface area contributed by atoms with Gasteiger partial charge in [-0.3, -0.25) is 19.3 Å². The van der Waals surface area contributed by atoms with E-state index in [1.165, 1.54) is 0 Å². The molecular formula is C14H13F3N2O3. The lowest BCUT2D eigenvalue weighted by atomic mass is 10.1. The molecule has 1 unspecified atom stereocenters. The van der Waals surface area contributed by atoms with Crippen molar-refractivity contribution < 1.29 is 27.6 Å². The van der Waals surface area contributed by atoms with Gasteiger partial charge < -0.3 is 5.32 Å². The van der Waals surface area contributed by atoms with Gasteiger partial charge in [-0.05, 0) is 26.0 Å². The van der Waals surface area contributed by atoms with Crippen LogP contribution in [0.1, 0.15) is 30.6 Å². The van der Waals surface area contributed by atoms with Crippen LogP contribution in [0.5, 0.6) is 0 Å². The molecule has 1 saturated heterocycles. The second-order valence-corrected chi connectivity index (χ2v) is 5.14. The molecule has 1 heterocycles. The minimum atomic E-state index is -1.64. The number of carbonyl (C=O) groups is 3. The highest BCUT2D eigenvalue weighted by Gasteiger charge is 2.41. The van der Waals surface area contributed by atoms with Crippen molar-refractivity contribution in [2.24, 2.45) is 0 Å². The number of carbonyl (C=O) groups excluding carboxylic acids is 3. The Morgan fingerprint density at radius 1 is 1.23 bits per heavy atom. The number of likely N-dealkylation sites (tertiary alicyclic amines) is 1. The lowest BCUT2D eigenvalue weighted by molar-refractivity contribution is -0.140. The molecule has 0 aliphatic carbocycles. The Bertz CT molecular complexity index is 661. The molecule has 1 N–H and O–H groups in total. The first-order chi connectivity index (χ1) is 10.2. The standard InChI is InChI=1S/C14H13F3N2O3/c1-6(2)19-10(20)5-9(14(19)22)18-13(21)11-7(15)3-4-8(16)12(11)17/h3-4,6,9H,5H2,1-2H3,(H,18,21). The minimum Gasteiger partial charge on any atom is -0.339 e. The summed E-state index contributed by atoms with van der Waals surface area (Å²) in [5.74, 6) is -6.73. The van der Waals surface area contributed by atoms with Crippen LogP contribution in [0.4, 0.5) is 13.2 Å². The molecule has 0 bridgehead atoms. The summed E-state index contributed by atoms with van der Waals surface area (Å²) in [6, 6.07) is -0.462. The van der Waals surface area contributed by atoms with Crippen molar-refractivity contribution in [3.8, 4) is 0 Å². The third-order valence-corrected chi connectivity index (χ3v) is 3.28. The van der Waals surface area contributed by atoms with Crippen molar-refractivity contribution in [3.63, 3.8) is 0 Å². The first-order valence-corrected chi connectivity index (χ1v) is 6.54. The molecule has 118 valence electrons. The number of amides is 3. The highest BCUT2D eigenvalue weighted by Crippen LogP contribution is 2.19. The maximum Gasteiger partial charge on any atom is 0.258 e. The average Bonchev–Trinajstić information content (AvgIpc) is 2.69. The zero-order valence-corrected chi connectivity index (χ0v) is 11.8. The van der Waals surface area contributed by atoms with Crippen LogP contribution >= 0.6 is 0 Å². The molecule has 1 fully saturated rings. The molecule has 22 heavy (non-hydrogen) atoms. The Labute approximate surface area is 124 Å². The average molecular weight is 314 g/mol. The van der Waals surface area contributed by atoms with E-state index >= 15 is 0 Å². The first-order valence-electron chi connectivity index (χ1n) is 6.54. The van der Waals surface area contributed by atoms with Gasteiger partial charge in [-0.2, -0.15) is 0 Å². The fourth-order valence-electron chi connectivity index (χ4n) is 2.27. The Kier molecular flexibility index (Phi) is 4.20. The molecule has 0 saturated carbocycles. The van der Waals surface area contributed by atoms with Gasteiger partial charge >= 0.3 is 0 Å². The summed E-state index contributed by atoms with van der Waals surface area (Å²) in [4.78, 5) is 36.5. The molecule has 1 aromatic carbocycles. The molecule has 5 nitrogen and oxygen atoms in total. The van der Waals surface area contributed by atoms with Crippen molar-refractivity contribution in [1.29, 1.82) is 0 Å². The van der Waals surface area contributed by atoms with E-state index in [4.69, 9.17) is 0 Å². The second kappa shape index (κ2) is 5.78. The van der Waals surface area contributed by atoms with Gasteiger partial charge in [0.25, 0.3) is 11.8 Å². The maximum atomic E-state index is 13.5. The number of nitrogens with one attached hydrogen (secondary N) is 1. The number of hydrogen-bond donors (Lipinski definition) is 1. The molecule has 1 aliphatic heterocycles. The largest absolute Gasteiger partial charge is 0.339 e. The van der Waals surface area contributed by atoms with Gasteiger partial charge in [-0.1, -0.05) is 0 Å². The summed E-state index contributed by atoms with van der Waals surface area (Å²) in [5.41, 5.74) is -1.12. The van der Waals surface area contributed by atoms with Crippen LogP contribution in [0.2, 0.25) is 0 Å². The van der Waals surface area contributed by atoms with Gasteiger partial charge in [0.15, 0.2) is 11.6 Å². The van der Waals surface area contributed by atoms with E-state index in [1.54, 1.807) is 13.8 Å². The van der Waals surface area contributed by atoms with Crippen LogP contribution in [0.25, 0.3) is 0 Å². The molecule has 8 heteroatoms. The van der Waals surface area contributed by atoms with Crippen molar-refractivity contribution >= 4 is 17.7 Å². The number of hydrogen-bond acceptors (Lipinski definition) is 3. The number of halogens is 3. The van der Waals surface area contributed by atoms with E-state index in [0.29, 0.717) is 12.1 Å². The third-order valence-electron chi connectivity index (χ3n) is 3.28. The molecule has 0 spiro atoms. The van der Waals surface area contributed by atoms with E-state index in [1.807, 2.05) is 0 Å². The van der Waals surface area contributed by atoms with Crippen LogP contribution in [0.3, 0.4) is 0 Å². The number of rotatable bonds is 3. The Morgan fingerprint density at radius 2 is 1.82 bits per heavy atom. The van der Waals surface area contributed by atoms with Crippen LogP contribution in [-0.4, -0.2) is 34.7 Å². The quantitative estimate of drug-likeness (QED) is 0.677. The summed E-state index contributed by atoms with van der Waals surface area (Å²) < 4.78 is 40.1. The Balaban J connectivity index is 2.23. The predicted octanol–water partition coefficient (Wildman–Crippen LogP) is 1.37. The summed E-state index contributed by atoms with van der Waals surface area (Å²) in [5, 5.41) is 2.07. The molecule has 2 rings (SSSR count). The summed E-state index contributed by atoms with van der Waals surface area (Å²) in [6.07, 6.45) is -0.304. The molecule has 1 aliphatic rings. The van der Waals surface area contributed by atoms with Gasteiger partial charge in [0, 0.05) is 6.04 Å². The van der Waals surface area contributed by atoms with Gasteiger partial charge in [0.1, 0.15) is 17.4 Å². The fourth-order valence-corrected chi connectivity index (χ4v) is 2.27. The number of nitrogens with zero attached hydrogens (tertiary/aromatic N) is 1. The van der Waals surface area contributed by atoms with E-state index < -0.39 is 52.8 Å². The highest BCUT2D eigenvalue weighted by molar-refractivity contribution is 6.08. The van der Waals surface area contributed by atoms with Gasteiger partial charge in [0.05, 0.1) is 6.42 Å². The fraction of sp³-hybridized carbons (Fsp3) is 0.357. The lowest BCUT2D eigenvalue weighted by Gasteiger charge is -2.19. The van der Waals surface area contributed by atoms with Gasteiger partial charge in [-0.25, -0.2) is 13.2 Å². The monoisotopic (exact) mass is 314 g/mol. The number of imide groups is 1. The van der Waals surface area contributed by atoms with Crippen molar-refractivity contribution in [3.05, 3.63) is 35.1 Å². The second-order valence-electron chi connectivity index (χ2n) is 5.14. The molecule has 1 aromatic rings. The predicted molar refractivity (Wildman–Crippen MR) is 69.2 cm³/mol. The van der Waals surface area contributed by atoms with Crippen molar-refractivity contribution in [1.82, 2.24) is 10.2 Å². The molecule has 3 amide bonds. The first kappa shape index (κ1) is 16.0. The zero-order valence-electron chi connectivity index (χ0n) is 11.8. The van der Waals surface area contributed by atoms with E-state index in [0.717, 1.165) is 4.90 Å². The van der Waals surface area contributed by atoms with Crippen LogP contribution in [0, 0.1) is 17.5 Å². The third kappa shape index (κ3) is 2.68. The Morgan fingerprint density at radius 3 is 2.36 bits per heavy atom. The SMILES string of the molecule is CC(C)N1C(=O)CC(NC(=O)c2c(F)ccc(F)c2F)C1=O. The molecule has 0 radical (unpaired) electrons. The van der Waals surface area contributed by atoms with Gasteiger partial charge in [0.2, 0.25) is 5.91 Å². The van der Waals surface area contributed by atoms with E-state index in [-0.39, 0.29) is 6.42 Å². The Hall–Kier alpha value is -2.38. The molecular weight excluding hydrogens is 301 g/mol. The van der Waals surface area contributed by atoms with Crippen molar-refractivity contribution in [2.45, 2.75) is 32.4 Å². The van der Waals surface area contributed by atoms with E-state index in [2.05, 4.69) is 5.32 Å². The summed E-state index contributed by atoms with van der Waals surface area (Å²) in [7, 11) is 0. The van der Waals surface area contributed by atoms with Crippen LogP contribution in [0.15, 0.2) is 12.1 Å². The topological polar surface area (TPSA) is 66.5 Å². The molecule has 1 atom stereocenters. The van der Waals surface area contributed by atoms with Crippen LogP contribution in [-0.2, 0) is 9.59 Å². The van der Waals surface area contributed by atoms with Crippen molar-refractivity contribution in [2.75, 3.05) is 0 Å². The van der Waals surface area contributed by atoms with Crippen LogP contribution < -0.4 is 5.32 Å². The zero-order chi connectivity index (χ0) is 16.6. The highest BCUT2D eigenvalue weighted by atomic mass is 19.2. The smallest absolute Gasteiger partial charge is 0.258 e. The van der Waals surface area contributed by atoms with E-state index in [9.17, 15) is 27.6 Å². The van der Waals surface area contributed by atoms with Gasteiger partial charge in [-0.15, -0.1) is 0 Å². The maximum absolute atomic E-state index is 13.5. The minimum absolute atomic E-state index is 0.304. The summed E-state index contributed by atoms with van der Waals surface area (Å²) in [6.45, 7) is 3.23. The molecule has 0 aromatic heterocycles.